The Kier molecular flexibility index (Phi) is 1.62. The monoisotopic (exact) mass is 237 g/mol. The van der Waals surface area contributed by atoms with Gasteiger partial charge in [-0.1, -0.05) is 0 Å². The summed E-state index contributed by atoms with van der Waals surface area (Å²) in [5, 5.41) is 1.34. The van der Waals surface area contributed by atoms with Crippen molar-refractivity contribution in [2.45, 2.75) is 0 Å². The SMILES string of the molecule is O=c1[nH]c2c(nc3ccncn32)c2cnccc12. The van der Waals surface area contributed by atoms with E-state index in [1.54, 1.807) is 41.5 Å². The zero-order chi connectivity index (χ0) is 12.1. The van der Waals surface area contributed by atoms with Gasteiger partial charge in [0.1, 0.15) is 23.1 Å². The number of fused-ring (bicyclic) bond motifs is 5. The van der Waals surface area contributed by atoms with Gasteiger partial charge in [0.25, 0.3) is 5.56 Å². The summed E-state index contributed by atoms with van der Waals surface area (Å²) >= 11 is 0. The lowest BCUT2D eigenvalue weighted by Gasteiger charge is -1.97. The highest BCUT2D eigenvalue weighted by Crippen LogP contribution is 2.20. The van der Waals surface area contributed by atoms with E-state index in [1.165, 1.54) is 0 Å². The van der Waals surface area contributed by atoms with Crippen molar-refractivity contribution in [3.63, 3.8) is 0 Å². The first kappa shape index (κ1) is 9.29. The Balaban J connectivity index is 2.40. The van der Waals surface area contributed by atoms with Crippen molar-refractivity contribution < 1.29 is 0 Å². The second-order valence-corrected chi connectivity index (χ2v) is 3.99. The second-order valence-electron chi connectivity index (χ2n) is 3.99. The van der Waals surface area contributed by atoms with Crippen LogP contribution in [-0.2, 0) is 0 Å². The first-order chi connectivity index (χ1) is 8.84. The Morgan fingerprint density at radius 2 is 2.00 bits per heavy atom. The number of imidazole rings is 1. The molecular weight excluding hydrogens is 230 g/mol. The molecule has 0 atom stereocenters. The summed E-state index contributed by atoms with van der Waals surface area (Å²) in [6.45, 7) is 0. The molecule has 0 bridgehead atoms. The van der Waals surface area contributed by atoms with Gasteiger partial charge in [0.05, 0.1) is 5.39 Å². The lowest BCUT2D eigenvalue weighted by atomic mass is 10.2. The van der Waals surface area contributed by atoms with E-state index in [9.17, 15) is 4.79 Å². The van der Waals surface area contributed by atoms with Crippen LogP contribution in [0.4, 0.5) is 0 Å². The van der Waals surface area contributed by atoms with Gasteiger partial charge >= 0.3 is 0 Å². The molecule has 0 fully saturated rings. The van der Waals surface area contributed by atoms with Crippen LogP contribution >= 0.6 is 0 Å². The molecule has 0 amide bonds. The van der Waals surface area contributed by atoms with Crippen LogP contribution in [0.15, 0.2) is 41.8 Å². The standard InChI is InChI=1S/C12H7N5O/c18-12-7-1-3-13-5-8(7)10-11(16-12)17-6-14-4-2-9(17)15-10/h1-6H,(H,16,18). The van der Waals surface area contributed by atoms with E-state index in [0.29, 0.717) is 11.0 Å². The number of aromatic amines is 1. The highest BCUT2D eigenvalue weighted by molar-refractivity contribution is 6.02. The van der Waals surface area contributed by atoms with Crippen LogP contribution in [0.5, 0.6) is 0 Å². The van der Waals surface area contributed by atoms with E-state index in [4.69, 9.17) is 0 Å². The molecule has 86 valence electrons. The van der Waals surface area contributed by atoms with Crippen LogP contribution in [-0.4, -0.2) is 24.3 Å². The van der Waals surface area contributed by atoms with Crippen molar-refractivity contribution in [3.05, 3.63) is 47.4 Å². The fourth-order valence-electron chi connectivity index (χ4n) is 2.16. The van der Waals surface area contributed by atoms with Crippen LogP contribution in [0.25, 0.3) is 27.6 Å². The third-order valence-electron chi connectivity index (χ3n) is 2.98. The van der Waals surface area contributed by atoms with Gasteiger partial charge in [0.2, 0.25) is 0 Å². The molecule has 4 aromatic heterocycles. The molecule has 1 N–H and O–H groups in total. The molecule has 0 aliphatic rings. The molecule has 4 heterocycles. The van der Waals surface area contributed by atoms with Gasteiger partial charge in [-0.05, 0) is 12.1 Å². The smallest absolute Gasteiger partial charge is 0.257 e. The summed E-state index contributed by atoms with van der Waals surface area (Å²) in [6.07, 6.45) is 6.55. The molecule has 0 saturated heterocycles. The second kappa shape index (κ2) is 3.13. The predicted molar refractivity (Wildman–Crippen MR) is 66.4 cm³/mol. The van der Waals surface area contributed by atoms with Gasteiger partial charge in [-0.15, -0.1) is 0 Å². The van der Waals surface area contributed by atoms with Crippen LogP contribution in [0.1, 0.15) is 0 Å². The number of rotatable bonds is 0. The summed E-state index contributed by atoms with van der Waals surface area (Å²) in [6, 6.07) is 3.48. The van der Waals surface area contributed by atoms with Gasteiger partial charge in [-0.2, -0.15) is 0 Å². The average molecular weight is 237 g/mol. The van der Waals surface area contributed by atoms with Crippen molar-refractivity contribution in [2.75, 3.05) is 0 Å². The van der Waals surface area contributed by atoms with E-state index < -0.39 is 0 Å². The minimum atomic E-state index is -0.148. The minimum Gasteiger partial charge on any atom is -0.306 e. The molecule has 4 aromatic rings. The summed E-state index contributed by atoms with van der Waals surface area (Å²) in [5.41, 5.74) is 1.96. The lowest BCUT2D eigenvalue weighted by Crippen LogP contribution is -2.07. The zero-order valence-corrected chi connectivity index (χ0v) is 9.16. The van der Waals surface area contributed by atoms with Gasteiger partial charge < -0.3 is 4.98 Å². The van der Waals surface area contributed by atoms with Crippen molar-refractivity contribution in [1.82, 2.24) is 24.3 Å². The molecule has 0 aliphatic carbocycles. The van der Waals surface area contributed by atoms with Gasteiger partial charge in [-0.25, -0.2) is 9.97 Å². The number of aromatic nitrogens is 5. The van der Waals surface area contributed by atoms with E-state index >= 15 is 0 Å². The quantitative estimate of drug-likeness (QED) is 0.497. The molecule has 0 spiro atoms. The Morgan fingerprint density at radius 3 is 2.94 bits per heavy atom. The van der Waals surface area contributed by atoms with Crippen molar-refractivity contribution in [2.24, 2.45) is 0 Å². The van der Waals surface area contributed by atoms with Crippen molar-refractivity contribution in [3.8, 4) is 0 Å². The summed E-state index contributed by atoms with van der Waals surface area (Å²) < 4.78 is 1.75. The molecule has 18 heavy (non-hydrogen) atoms. The number of hydrogen-bond acceptors (Lipinski definition) is 4. The van der Waals surface area contributed by atoms with Crippen molar-refractivity contribution >= 4 is 27.6 Å². The van der Waals surface area contributed by atoms with Crippen LogP contribution in [0.2, 0.25) is 0 Å². The van der Waals surface area contributed by atoms with Gasteiger partial charge in [0.15, 0.2) is 0 Å². The van der Waals surface area contributed by atoms with Crippen LogP contribution in [0.3, 0.4) is 0 Å². The summed E-state index contributed by atoms with van der Waals surface area (Å²) in [5.74, 6) is 0. The first-order valence-electron chi connectivity index (χ1n) is 5.42. The third kappa shape index (κ3) is 1.06. The normalized spacial score (nSPS) is 11.6. The van der Waals surface area contributed by atoms with Crippen LogP contribution in [0, 0.1) is 0 Å². The maximum absolute atomic E-state index is 12.0. The maximum Gasteiger partial charge on any atom is 0.257 e. The van der Waals surface area contributed by atoms with E-state index in [0.717, 1.165) is 16.6 Å². The molecule has 6 heteroatoms. The molecule has 6 nitrogen and oxygen atoms in total. The maximum atomic E-state index is 12.0. The van der Waals surface area contributed by atoms with Gasteiger partial charge in [-0.3, -0.25) is 14.2 Å². The van der Waals surface area contributed by atoms with E-state index in [-0.39, 0.29) is 5.56 Å². The Bertz CT molecular complexity index is 953. The number of nitrogens with zero attached hydrogens (tertiary/aromatic N) is 4. The molecule has 0 aliphatic heterocycles. The number of hydrogen-bond donors (Lipinski definition) is 1. The largest absolute Gasteiger partial charge is 0.306 e. The molecule has 0 aromatic carbocycles. The average Bonchev–Trinajstić information content (AvgIpc) is 2.78. The van der Waals surface area contributed by atoms with Gasteiger partial charge in [0, 0.05) is 24.0 Å². The zero-order valence-electron chi connectivity index (χ0n) is 9.16. The molecule has 4 rings (SSSR count). The number of H-pyrrole nitrogens is 1. The highest BCUT2D eigenvalue weighted by atomic mass is 16.1. The third-order valence-corrected chi connectivity index (χ3v) is 2.98. The van der Waals surface area contributed by atoms with Crippen molar-refractivity contribution in [1.29, 1.82) is 0 Å². The minimum absolute atomic E-state index is 0.148. The highest BCUT2D eigenvalue weighted by Gasteiger charge is 2.10. The van der Waals surface area contributed by atoms with Crippen LogP contribution < -0.4 is 5.56 Å². The molecule has 0 radical (unpaired) electrons. The fraction of sp³-hybridized carbons (Fsp3) is 0. The molecule has 0 unspecified atom stereocenters. The summed E-state index contributed by atoms with van der Waals surface area (Å²) in [4.78, 5) is 27.4. The van der Waals surface area contributed by atoms with E-state index in [1.807, 2.05) is 0 Å². The Morgan fingerprint density at radius 1 is 1.11 bits per heavy atom. The Hall–Kier alpha value is -2.76. The predicted octanol–water partition coefficient (Wildman–Crippen LogP) is 1.12. The number of nitrogens with one attached hydrogen (secondary N) is 1. The first-order valence-corrected chi connectivity index (χ1v) is 5.42. The number of pyridine rings is 2. The molecule has 0 saturated carbocycles. The molecular formula is C12H7N5O. The van der Waals surface area contributed by atoms with E-state index in [2.05, 4.69) is 19.9 Å². The fourth-order valence-corrected chi connectivity index (χ4v) is 2.16. The topological polar surface area (TPSA) is 75.9 Å². The Labute approximate surface area is 100.0 Å². The lowest BCUT2D eigenvalue weighted by molar-refractivity contribution is 1.09. The summed E-state index contributed by atoms with van der Waals surface area (Å²) in [7, 11) is 0.